The van der Waals surface area contributed by atoms with E-state index in [1.54, 1.807) is 12.5 Å². The Morgan fingerprint density at radius 3 is 2.83 bits per heavy atom. The normalized spacial score (nSPS) is 12.2. The zero-order valence-electron chi connectivity index (χ0n) is 16.2. The lowest BCUT2D eigenvalue weighted by atomic mass is 10.1. The number of carbonyl (C=O) groups is 1. The minimum atomic E-state index is -0.385. The average Bonchev–Trinajstić information content (AvgIpc) is 3.39. The minimum Gasteiger partial charge on any atom is -0.460 e. The smallest absolute Gasteiger partial charge is 0.233 e. The van der Waals surface area contributed by atoms with Crippen molar-refractivity contribution >= 4 is 28.5 Å². The highest BCUT2D eigenvalue weighted by Crippen LogP contribution is 2.27. The van der Waals surface area contributed by atoms with Gasteiger partial charge >= 0.3 is 0 Å². The second-order valence-corrected chi connectivity index (χ2v) is 7.53. The molecule has 29 heavy (non-hydrogen) atoms. The summed E-state index contributed by atoms with van der Waals surface area (Å²) in [6.45, 7) is 3.60. The molecule has 5 nitrogen and oxygen atoms in total. The summed E-state index contributed by atoms with van der Waals surface area (Å²) < 4.78 is 7.90. The second-order valence-electron chi connectivity index (χ2n) is 7.10. The first kappa shape index (κ1) is 19.3. The molecule has 0 aliphatic heterocycles. The molecule has 2 heterocycles. The molecule has 4 aromatic rings. The lowest BCUT2D eigenvalue weighted by Crippen LogP contribution is -2.36. The maximum atomic E-state index is 13.4. The summed E-state index contributed by atoms with van der Waals surface area (Å²) in [7, 11) is 0. The van der Waals surface area contributed by atoms with Crippen molar-refractivity contribution in [2.45, 2.75) is 25.9 Å². The number of furan rings is 1. The third-order valence-corrected chi connectivity index (χ3v) is 5.24. The van der Waals surface area contributed by atoms with Gasteiger partial charge in [0.1, 0.15) is 11.3 Å². The van der Waals surface area contributed by atoms with Crippen LogP contribution >= 0.6 is 11.6 Å². The van der Waals surface area contributed by atoms with Crippen molar-refractivity contribution in [1.82, 2.24) is 14.5 Å². The summed E-state index contributed by atoms with van der Waals surface area (Å²) >= 11 is 6.14. The molecule has 0 N–H and O–H groups in total. The van der Waals surface area contributed by atoms with Crippen LogP contribution < -0.4 is 0 Å². The van der Waals surface area contributed by atoms with Crippen LogP contribution in [-0.2, 0) is 17.9 Å². The molecule has 1 amide bonds. The Labute approximate surface area is 174 Å². The average molecular weight is 408 g/mol. The van der Waals surface area contributed by atoms with E-state index < -0.39 is 0 Å². The van der Waals surface area contributed by atoms with E-state index >= 15 is 0 Å². The third kappa shape index (κ3) is 4.51. The van der Waals surface area contributed by atoms with Gasteiger partial charge in [-0.2, -0.15) is 0 Å². The molecule has 0 fully saturated rings. The van der Waals surface area contributed by atoms with E-state index in [-0.39, 0.29) is 11.8 Å². The molecule has 1 atom stereocenters. The molecule has 4 rings (SSSR count). The fourth-order valence-electron chi connectivity index (χ4n) is 3.39. The Kier molecular flexibility index (Phi) is 5.67. The first-order valence-corrected chi connectivity index (χ1v) is 9.95. The van der Waals surface area contributed by atoms with Crippen molar-refractivity contribution in [3.8, 4) is 0 Å². The minimum absolute atomic E-state index is 0.0177. The fraction of sp³-hybridized carbons (Fsp3) is 0.217. The van der Waals surface area contributed by atoms with E-state index in [1.165, 1.54) is 0 Å². The topological polar surface area (TPSA) is 51.3 Å². The molecular weight excluding hydrogens is 386 g/mol. The number of benzene rings is 2. The number of halogens is 1. The Morgan fingerprint density at radius 1 is 1.21 bits per heavy atom. The van der Waals surface area contributed by atoms with E-state index in [1.807, 2.05) is 77.2 Å². The molecule has 0 unspecified atom stereocenters. The molecule has 0 radical (unpaired) electrons. The lowest BCUT2D eigenvalue weighted by Gasteiger charge is -2.25. The van der Waals surface area contributed by atoms with E-state index in [4.69, 9.17) is 16.0 Å². The molecule has 0 saturated heterocycles. The summed E-state index contributed by atoms with van der Waals surface area (Å²) in [6.07, 6.45) is 5.38. The van der Waals surface area contributed by atoms with Crippen molar-refractivity contribution in [2.75, 3.05) is 6.54 Å². The van der Waals surface area contributed by atoms with Gasteiger partial charge in [0.25, 0.3) is 0 Å². The van der Waals surface area contributed by atoms with Crippen molar-refractivity contribution < 1.29 is 9.21 Å². The number of nitrogens with zero attached hydrogens (tertiary/aromatic N) is 3. The second kappa shape index (κ2) is 8.53. The highest BCUT2D eigenvalue weighted by atomic mass is 35.5. The SMILES string of the molecule is C[C@@H](C(=O)N(CCn1ccnc1)Cc1cccc(Cl)c1)c1cc2ccccc2o1. The summed E-state index contributed by atoms with van der Waals surface area (Å²) in [5, 5.41) is 1.66. The molecule has 6 heteroatoms. The maximum absolute atomic E-state index is 13.4. The van der Waals surface area contributed by atoms with Crippen LogP contribution in [0.15, 0.2) is 77.7 Å². The number of hydrogen-bond donors (Lipinski definition) is 0. The first-order chi connectivity index (χ1) is 14.1. The molecule has 2 aromatic carbocycles. The van der Waals surface area contributed by atoms with Crippen LogP contribution in [0.25, 0.3) is 11.0 Å². The number of hydrogen-bond acceptors (Lipinski definition) is 3. The number of rotatable bonds is 7. The lowest BCUT2D eigenvalue weighted by molar-refractivity contribution is -0.133. The van der Waals surface area contributed by atoms with Gasteiger partial charge in [-0.1, -0.05) is 41.9 Å². The molecule has 0 bridgehead atoms. The van der Waals surface area contributed by atoms with Gasteiger partial charge in [0.05, 0.1) is 12.2 Å². The summed E-state index contributed by atoms with van der Waals surface area (Å²) in [5.41, 5.74) is 1.79. The molecule has 0 aliphatic carbocycles. The van der Waals surface area contributed by atoms with E-state index in [0.717, 1.165) is 16.5 Å². The first-order valence-electron chi connectivity index (χ1n) is 9.57. The zero-order chi connectivity index (χ0) is 20.2. The van der Waals surface area contributed by atoms with Crippen molar-refractivity contribution in [3.05, 3.63) is 89.7 Å². The summed E-state index contributed by atoms with van der Waals surface area (Å²) in [6, 6.07) is 17.4. The van der Waals surface area contributed by atoms with Gasteiger partial charge < -0.3 is 13.9 Å². The molecule has 0 saturated carbocycles. The Balaban J connectivity index is 1.56. The van der Waals surface area contributed by atoms with Gasteiger partial charge in [-0.15, -0.1) is 0 Å². The van der Waals surface area contributed by atoms with Crippen LogP contribution in [0.4, 0.5) is 0 Å². The predicted octanol–water partition coefficient (Wildman–Crippen LogP) is 5.12. The molecule has 148 valence electrons. The fourth-order valence-corrected chi connectivity index (χ4v) is 3.60. The van der Waals surface area contributed by atoms with Gasteiger partial charge in [0.15, 0.2) is 0 Å². The van der Waals surface area contributed by atoms with Crippen molar-refractivity contribution in [3.63, 3.8) is 0 Å². The monoisotopic (exact) mass is 407 g/mol. The number of imidazole rings is 1. The Hall–Kier alpha value is -3.05. The number of para-hydroxylation sites is 1. The van der Waals surface area contributed by atoms with E-state index in [9.17, 15) is 4.79 Å². The standard InChI is InChI=1S/C23H22ClN3O2/c1-17(22-14-19-6-2-3-8-21(19)29-22)23(28)27(12-11-26-10-9-25-16-26)15-18-5-4-7-20(24)13-18/h2-10,13-14,16-17H,11-12,15H2,1H3/t17-/m1/s1. The van der Waals surface area contributed by atoms with Gasteiger partial charge in [0.2, 0.25) is 5.91 Å². The van der Waals surface area contributed by atoms with Crippen molar-refractivity contribution in [1.29, 1.82) is 0 Å². The number of amides is 1. The summed E-state index contributed by atoms with van der Waals surface area (Å²) in [5.74, 6) is 0.309. The van der Waals surface area contributed by atoms with Crippen LogP contribution in [0.3, 0.4) is 0 Å². The van der Waals surface area contributed by atoms with Crippen LogP contribution in [0.2, 0.25) is 5.02 Å². The van der Waals surface area contributed by atoms with Crippen LogP contribution in [0.1, 0.15) is 24.2 Å². The van der Waals surface area contributed by atoms with Crippen LogP contribution in [0.5, 0.6) is 0 Å². The quantitative estimate of drug-likeness (QED) is 0.427. The van der Waals surface area contributed by atoms with Gasteiger partial charge in [-0.25, -0.2) is 4.98 Å². The number of fused-ring (bicyclic) bond motifs is 1. The highest BCUT2D eigenvalue weighted by molar-refractivity contribution is 6.30. The molecule has 0 aliphatic rings. The predicted molar refractivity (Wildman–Crippen MR) is 114 cm³/mol. The molecular formula is C23H22ClN3O2. The molecule has 0 spiro atoms. The Morgan fingerprint density at radius 2 is 2.07 bits per heavy atom. The Bertz CT molecular complexity index is 1070. The maximum Gasteiger partial charge on any atom is 0.233 e. The molecule has 2 aromatic heterocycles. The number of carbonyl (C=O) groups excluding carboxylic acids is 1. The number of aromatic nitrogens is 2. The largest absolute Gasteiger partial charge is 0.460 e. The highest BCUT2D eigenvalue weighted by Gasteiger charge is 2.25. The van der Waals surface area contributed by atoms with Gasteiger partial charge in [-0.3, -0.25) is 4.79 Å². The summed E-state index contributed by atoms with van der Waals surface area (Å²) in [4.78, 5) is 19.3. The third-order valence-electron chi connectivity index (χ3n) is 5.00. The van der Waals surface area contributed by atoms with Crippen molar-refractivity contribution in [2.24, 2.45) is 0 Å². The van der Waals surface area contributed by atoms with Crippen LogP contribution in [-0.4, -0.2) is 26.9 Å². The van der Waals surface area contributed by atoms with Gasteiger partial charge in [0, 0.05) is 42.4 Å². The zero-order valence-corrected chi connectivity index (χ0v) is 16.9. The van der Waals surface area contributed by atoms with Gasteiger partial charge in [-0.05, 0) is 36.8 Å². The van der Waals surface area contributed by atoms with E-state index in [0.29, 0.717) is 30.4 Å². The van der Waals surface area contributed by atoms with E-state index in [2.05, 4.69) is 4.98 Å². The van der Waals surface area contributed by atoms with Crippen LogP contribution in [0, 0.1) is 0 Å².